The third-order valence-corrected chi connectivity index (χ3v) is 6.36. The SMILES string of the molecule is Cc1c([C@@H](N)Nc2nnc(C)c3ccc(OC[C@H]4CCCN4C)cc23)cccc1C(F)(F)F. The fourth-order valence-corrected chi connectivity index (χ4v) is 4.37. The normalized spacial score (nSPS) is 18.0. The van der Waals surface area contributed by atoms with E-state index in [0.29, 0.717) is 29.8 Å². The van der Waals surface area contributed by atoms with Crippen molar-refractivity contribution in [2.45, 2.75) is 45.1 Å². The monoisotopic (exact) mass is 459 g/mol. The number of anilines is 1. The van der Waals surface area contributed by atoms with Crippen LogP contribution in [0.1, 0.15) is 41.4 Å². The largest absolute Gasteiger partial charge is 0.492 e. The van der Waals surface area contributed by atoms with Gasteiger partial charge in [0.1, 0.15) is 18.5 Å². The second-order valence-electron chi connectivity index (χ2n) is 8.57. The first-order valence-electron chi connectivity index (χ1n) is 10.9. The Kier molecular flexibility index (Phi) is 6.45. The number of rotatable bonds is 6. The quantitative estimate of drug-likeness (QED) is 0.516. The second kappa shape index (κ2) is 9.15. The summed E-state index contributed by atoms with van der Waals surface area (Å²) in [5, 5.41) is 13.1. The highest BCUT2D eigenvalue weighted by Crippen LogP contribution is 2.35. The van der Waals surface area contributed by atoms with Gasteiger partial charge in [0.15, 0.2) is 5.82 Å². The number of likely N-dealkylation sites (tertiary alicyclic amines) is 1. The van der Waals surface area contributed by atoms with Crippen molar-refractivity contribution in [3.63, 3.8) is 0 Å². The van der Waals surface area contributed by atoms with E-state index in [2.05, 4.69) is 27.5 Å². The number of alkyl halides is 3. The molecule has 1 saturated heterocycles. The Morgan fingerprint density at radius 2 is 1.97 bits per heavy atom. The van der Waals surface area contributed by atoms with Crippen molar-refractivity contribution in [3.05, 3.63) is 58.8 Å². The number of halogens is 3. The number of ether oxygens (including phenoxy) is 1. The van der Waals surface area contributed by atoms with Crippen molar-refractivity contribution in [2.75, 3.05) is 25.5 Å². The van der Waals surface area contributed by atoms with Gasteiger partial charge in [-0.3, -0.25) is 0 Å². The van der Waals surface area contributed by atoms with Crippen LogP contribution in [0, 0.1) is 13.8 Å². The van der Waals surface area contributed by atoms with Gasteiger partial charge >= 0.3 is 6.18 Å². The van der Waals surface area contributed by atoms with E-state index in [-0.39, 0.29) is 5.56 Å². The zero-order valence-corrected chi connectivity index (χ0v) is 18.9. The fraction of sp³-hybridized carbons (Fsp3) is 0.417. The maximum Gasteiger partial charge on any atom is 0.416 e. The van der Waals surface area contributed by atoms with Crippen LogP contribution in [0.25, 0.3) is 10.8 Å². The molecule has 3 aromatic rings. The van der Waals surface area contributed by atoms with Crippen molar-refractivity contribution in [1.29, 1.82) is 0 Å². The first kappa shape index (κ1) is 23.3. The van der Waals surface area contributed by atoms with Gasteiger partial charge in [-0.05, 0) is 75.7 Å². The highest BCUT2D eigenvalue weighted by molar-refractivity contribution is 5.94. The Bertz CT molecular complexity index is 1150. The summed E-state index contributed by atoms with van der Waals surface area (Å²) < 4.78 is 46.0. The molecule has 2 heterocycles. The molecule has 176 valence electrons. The van der Waals surface area contributed by atoms with Gasteiger partial charge in [0.25, 0.3) is 0 Å². The molecule has 0 aliphatic carbocycles. The summed E-state index contributed by atoms with van der Waals surface area (Å²) >= 11 is 0. The van der Waals surface area contributed by atoms with Crippen molar-refractivity contribution in [3.8, 4) is 5.75 Å². The zero-order chi connectivity index (χ0) is 23.8. The number of benzene rings is 2. The Morgan fingerprint density at radius 3 is 2.67 bits per heavy atom. The topological polar surface area (TPSA) is 76.3 Å². The molecule has 9 heteroatoms. The predicted molar refractivity (Wildman–Crippen MR) is 122 cm³/mol. The molecule has 2 aromatic carbocycles. The minimum absolute atomic E-state index is 0.0825. The lowest BCUT2D eigenvalue weighted by molar-refractivity contribution is -0.138. The van der Waals surface area contributed by atoms with Gasteiger partial charge in [0.05, 0.1) is 11.3 Å². The van der Waals surface area contributed by atoms with E-state index in [1.54, 1.807) is 6.07 Å². The Labute approximate surface area is 190 Å². The molecule has 1 aliphatic rings. The van der Waals surface area contributed by atoms with Gasteiger partial charge in [-0.1, -0.05) is 12.1 Å². The van der Waals surface area contributed by atoms with Crippen molar-refractivity contribution < 1.29 is 17.9 Å². The van der Waals surface area contributed by atoms with Crippen LogP contribution in [0.2, 0.25) is 0 Å². The molecule has 0 bridgehead atoms. The summed E-state index contributed by atoms with van der Waals surface area (Å²) in [6.07, 6.45) is -3.08. The summed E-state index contributed by atoms with van der Waals surface area (Å²) in [7, 11) is 2.10. The summed E-state index contributed by atoms with van der Waals surface area (Å²) in [6, 6.07) is 10.1. The van der Waals surface area contributed by atoms with Crippen LogP contribution in [-0.2, 0) is 6.18 Å². The maximum absolute atomic E-state index is 13.3. The molecule has 3 N–H and O–H groups in total. The summed E-state index contributed by atoms with van der Waals surface area (Å²) in [6.45, 7) is 4.93. The van der Waals surface area contributed by atoms with E-state index in [9.17, 15) is 13.2 Å². The van der Waals surface area contributed by atoms with Crippen molar-refractivity contribution in [2.24, 2.45) is 5.73 Å². The number of nitrogens with one attached hydrogen (secondary N) is 1. The number of aryl methyl sites for hydroxylation is 1. The fourth-order valence-electron chi connectivity index (χ4n) is 4.37. The predicted octanol–water partition coefficient (Wildman–Crippen LogP) is 4.81. The van der Waals surface area contributed by atoms with Crippen LogP contribution < -0.4 is 15.8 Å². The van der Waals surface area contributed by atoms with Gasteiger partial charge in [0, 0.05) is 16.8 Å². The van der Waals surface area contributed by atoms with Crippen LogP contribution in [-0.4, -0.2) is 41.3 Å². The molecule has 6 nitrogen and oxygen atoms in total. The highest BCUT2D eigenvalue weighted by Gasteiger charge is 2.33. The molecule has 1 aliphatic heterocycles. The molecule has 0 unspecified atom stereocenters. The smallest absolute Gasteiger partial charge is 0.416 e. The van der Waals surface area contributed by atoms with E-state index in [1.807, 2.05) is 25.1 Å². The first-order chi connectivity index (χ1) is 15.6. The van der Waals surface area contributed by atoms with E-state index in [4.69, 9.17) is 10.5 Å². The molecule has 4 rings (SSSR count). The van der Waals surface area contributed by atoms with Crippen molar-refractivity contribution in [1.82, 2.24) is 15.1 Å². The number of nitrogens with zero attached hydrogens (tertiary/aromatic N) is 3. The molecular weight excluding hydrogens is 431 g/mol. The van der Waals surface area contributed by atoms with E-state index in [0.717, 1.165) is 41.9 Å². The van der Waals surface area contributed by atoms with Gasteiger partial charge in [-0.15, -0.1) is 5.10 Å². The van der Waals surface area contributed by atoms with E-state index >= 15 is 0 Å². The molecule has 0 amide bonds. The first-order valence-corrected chi connectivity index (χ1v) is 10.9. The Balaban J connectivity index is 1.61. The number of likely N-dealkylation sites (N-methyl/N-ethyl adjacent to an activating group) is 1. The standard InChI is InChI=1S/C24H28F3N5O/c1-14-18(7-4-8-21(14)24(25,26)27)22(28)29-23-20-12-17(9-10-19(20)15(2)30-31-23)33-13-16-6-5-11-32(16)3/h4,7-10,12,16,22H,5-6,11,13,28H2,1-3H3,(H,29,31)/t16-,22+/m1/s1. The van der Waals surface area contributed by atoms with Crippen LogP contribution in [0.3, 0.4) is 0 Å². The summed E-state index contributed by atoms with van der Waals surface area (Å²) in [5.74, 6) is 1.09. The minimum Gasteiger partial charge on any atom is -0.492 e. The van der Waals surface area contributed by atoms with Gasteiger partial charge in [-0.25, -0.2) is 0 Å². The molecule has 1 fully saturated rings. The van der Waals surface area contributed by atoms with Gasteiger partial charge in [-0.2, -0.15) is 18.3 Å². The van der Waals surface area contributed by atoms with Crippen molar-refractivity contribution >= 4 is 16.6 Å². The lowest BCUT2D eigenvalue weighted by Crippen LogP contribution is -2.30. The summed E-state index contributed by atoms with van der Waals surface area (Å²) in [4.78, 5) is 2.29. The van der Waals surface area contributed by atoms with E-state index < -0.39 is 17.9 Å². The molecule has 1 aromatic heterocycles. The van der Waals surface area contributed by atoms with Crippen LogP contribution in [0.5, 0.6) is 5.75 Å². The average Bonchev–Trinajstić information content (AvgIpc) is 3.18. The third-order valence-electron chi connectivity index (χ3n) is 6.36. The zero-order valence-electron chi connectivity index (χ0n) is 18.9. The Hall–Kier alpha value is -2.91. The number of aromatic nitrogens is 2. The number of hydrogen-bond donors (Lipinski definition) is 2. The molecule has 33 heavy (non-hydrogen) atoms. The second-order valence-corrected chi connectivity index (χ2v) is 8.57. The number of fused-ring (bicyclic) bond motifs is 1. The average molecular weight is 460 g/mol. The number of hydrogen-bond acceptors (Lipinski definition) is 6. The summed E-state index contributed by atoms with van der Waals surface area (Å²) in [5.41, 5.74) is 6.74. The van der Waals surface area contributed by atoms with Crippen LogP contribution in [0.4, 0.5) is 19.0 Å². The molecule has 0 radical (unpaired) electrons. The van der Waals surface area contributed by atoms with Crippen LogP contribution in [0.15, 0.2) is 36.4 Å². The lowest BCUT2D eigenvalue weighted by Gasteiger charge is -2.21. The number of nitrogens with two attached hydrogens (primary N) is 1. The highest BCUT2D eigenvalue weighted by atomic mass is 19.4. The van der Waals surface area contributed by atoms with Gasteiger partial charge in [0.2, 0.25) is 0 Å². The molecular formula is C24H28F3N5O. The third kappa shape index (κ3) is 4.89. The molecule has 2 atom stereocenters. The Morgan fingerprint density at radius 1 is 1.18 bits per heavy atom. The van der Waals surface area contributed by atoms with E-state index in [1.165, 1.54) is 13.0 Å². The maximum atomic E-state index is 13.3. The molecule has 0 saturated carbocycles. The van der Waals surface area contributed by atoms with Gasteiger partial charge < -0.3 is 20.7 Å². The molecule has 0 spiro atoms. The van der Waals surface area contributed by atoms with Crippen LogP contribution >= 0.6 is 0 Å². The lowest BCUT2D eigenvalue weighted by atomic mass is 10.00. The minimum atomic E-state index is -4.45.